The van der Waals surface area contributed by atoms with Crippen molar-refractivity contribution in [3.63, 3.8) is 0 Å². The molecule has 0 radical (unpaired) electrons. The summed E-state index contributed by atoms with van der Waals surface area (Å²) in [5.41, 5.74) is 14.9. The second-order valence-electron chi connectivity index (χ2n) is 19.8. The van der Waals surface area contributed by atoms with E-state index in [9.17, 15) is 23.6 Å². The Bertz CT molecular complexity index is 2940. The van der Waals surface area contributed by atoms with Crippen LogP contribution in [0.1, 0.15) is 97.9 Å². The summed E-state index contributed by atoms with van der Waals surface area (Å²) in [6.07, 6.45) is 2.67. The monoisotopic (exact) mass is 944 g/mol. The van der Waals surface area contributed by atoms with Crippen LogP contribution in [0.2, 0.25) is 0 Å². The van der Waals surface area contributed by atoms with E-state index in [2.05, 4.69) is 35.9 Å². The number of nitrogens with two attached hydrogens (primary N) is 1. The van der Waals surface area contributed by atoms with Crippen molar-refractivity contribution < 1.29 is 33.0 Å². The number of fused-ring (bicyclic) bond motifs is 4. The summed E-state index contributed by atoms with van der Waals surface area (Å²) < 4.78 is 24.5. The van der Waals surface area contributed by atoms with Gasteiger partial charge in [-0.25, -0.2) is 29.5 Å². The molecule has 8 heterocycles. The number of halogens is 1. The first-order valence-corrected chi connectivity index (χ1v) is 23.4. The Morgan fingerprint density at radius 3 is 1.68 bits per heavy atom. The van der Waals surface area contributed by atoms with Gasteiger partial charge in [0.1, 0.15) is 28.1 Å². The van der Waals surface area contributed by atoms with Crippen LogP contribution in [0.3, 0.4) is 0 Å². The molecule has 4 aliphatic heterocycles. The van der Waals surface area contributed by atoms with Crippen molar-refractivity contribution in [2.45, 2.75) is 104 Å². The SMILES string of the molecule is CC(C)(C)OC(=O)N1CC[C@@H](N)C1.Cc1nc2cccc(-c3cc4c([nH]3)CCNC4=O)c2nc1F.Cc1nc2cccc(-c3cc4c([nH]3)CCNC4=O)c2nc1N[C@@H]1CCN(C(=O)OC(C)(C)C)C1. The van der Waals surface area contributed by atoms with Gasteiger partial charge >= 0.3 is 12.2 Å². The molecule has 2 atom stereocenters. The van der Waals surface area contributed by atoms with Gasteiger partial charge in [0.2, 0.25) is 5.95 Å². The zero-order chi connectivity index (χ0) is 49.4. The van der Waals surface area contributed by atoms with E-state index in [0.29, 0.717) is 60.7 Å². The molecule has 0 spiro atoms. The van der Waals surface area contributed by atoms with Crippen molar-refractivity contribution in [2.75, 3.05) is 44.6 Å². The number of ether oxygens (including phenoxy) is 2. The number of nitrogens with zero attached hydrogens (tertiary/aromatic N) is 6. The highest BCUT2D eigenvalue weighted by Crippen LogP contribution is 2.32. The summed E-state index contributed by atoms with van der Waals surface area (Å²) in [7, 11) is 0. The number of hydrogen-bond acceptors (Lipinski definition) is 12. The fourth-order valence-corrected chi connectivity index (χ4v) is 8.60. The molecule has 4 aromatic heterocycles. The minimum Gasteiger partial charge on any atom is -0.444 e. The molecule has 7 N–H and O–H groups in total. The number of hydrogen-bond donors (Lipinski definition) is 6. The van der Waals surface area contributed by atoms with Gasteiger partial charge in [-0.3, -0.25) is 9.59 Å². The number of para-hydroxylation sites is 2. The highest BCUT2D eigenvalue weighted by molar-refractivity contribution is 6.00. The number of anilines is 1. The Labute approximate surface area is 399 Å². The van der Waals surface area contributed by atoms with Gasteiger partial charge in [-0.05, 0) is 92.5 Å². The molecule has 0 saturated carbocycles. The summed E-state index contributed by atoms with van der Waals surface area (Å²) in [5, 5.41) is 9.18. The van der Waals surface area contributed by atoms with E-state index in [1.807, 2.05) is 84.9 Å². The van der Waals surface area contributed by atoms with Crippen LogP contribution in [-0.2, 0) is 22.3 Å². The highest BCUT2D eigenvalue weighted by Gasteiger charge is 2.31. The van der Waals surface area contributed by atoms with Crippen LogP contribution in [0, 0.1) is 19.8 Å². The van der Waals surface area contributed by atoms with Crippen LogP contribution in [0.4, 0.5) is 19.8 Å². The first kappa shape index (κ1) is 48.3. The van der Waals surface area contributed by atoms with Crippen LogP contribution in [-0.4, -0.2) is 126 Å². The van der Waals surface area contributed by atoms with Crippen LogP contribution in [0.15, 0.2) is 48.5 Å². The van der Waals surface area contributed by atoms with Crippen LogP contribution in [0.5, 0.6) is 0 Å². The van der Waals surface area contributed by atoms with Crippen LogP contribution in [0.25, 0.3) is 44.6 Å². The molecule has 18 nitrogen and oxygen atoms in total. The number of H-pyrrole nitrogens is 2. The number of benzene rings is 2. The summed E-state index contributed by atoms with van der Waals surface area (Å²) in [4.78, 5) is 76.0. The zero-order valence-electron chi connectivity index (χ0n) is 40.4. The van der Waals surface area contributed by atoms with Gasteiger partial charge in [-0.1, -0.05) is 24.3 Å². The number of carbonyl (C=O) groups excluding carboxylic acids is 4. The molecular weight excluding hydrogens is 884 g/mol. The average Bonchev–Trinajstić information content (AvgIpc) is 4.11. The molecule has 6 aromatic rings. The number of aromatic nitrogens is 6. The largest absolute Gasteiger partial charge is 0.444 e. The number of aromatic amines is 2. The fraction of sp³-hybridized carbons (Fsp3) is 0.440. The third-order valence-electron chi connectivity index (χ3n) is 11.9. The molecule has 19 heteroatoms. The maximum absolute atomic E-state index is 13.8. The molecule has 0 bridgehead atoms. The van der Waals surface area contributed by atoms with Crippen LogP contribution >= 0.6 is 0 Å². The fourth-order valence-electron chi connectivity index (χ4n) is 8.60. The number of aryl methyl sites for hydroxylation is 2. The van der Waals surface area contributed by atoms with E-state index in [1.165, 1.54) is 0 Å². The van der Waals surface area contributed by atoms with Gasteiger partial charge in [-0.15, -0.1) is 0 Å². The van der Waals surface area contributed by atoms with E-state index < -0.39 is 17.1 Å². The number of nitrogens with one attached hydrogen (secondary N) is 5. The number of amides is 4. The molecule has 2 aromatic carbocycles. The summed E-state index contributed by atoms with van der Waals surface area (Å²) in [5.74, 6) is -0.0137. The quantitative estimate of drug-likeness (QED) is 0.105. The van der Waals surface area contributed by atoms with Gasteiger partial charge in [-0.2, -0.15) is 4.39 Å². The molecule has 0 aliphatic carbocycles. The van der Waals surface area contributed by atoms with Crippen molar-refractivity contribution >= 4 is 51.9 Å². The molecule has 364 valence electrons. The van der Waals surface area contributed by atoms with E-state index in [1.54, 1.807) is 28.9 Å². The van der Waals surface area contributed by atoms with Gasteiger partial charge in [0, 0.05) is 98.1 Å². The molecule has 69 heavy (non-hydrogen) atoms. The Morgan fingerprint density at radius 1 is 0.696 bits per heavy atom. The van der Waals surface area contributed by atoms with E-state index >= 15 is 0 Å². The minimum atomic E-state index is -0.575. The second kappa shape index (κ2) is 19.5. The zero-order valence-corrected chi connectivity index (χ0v) is 40.4. The molecule has 10 rings (SSSR count). The normalized spacial score (nSPS) is 17.8. The lowest BCUT2D eigenvalue weighted by Crippen LogP contribution is -2.36. The first-order valence-electron chi connectivity index (χ1n) is 23.4. The maximum Gasteiger partial charge on any atom is 0.410 e. The van der Waals surface area contributed by atoms with Crippen molar-refractivity contribution in [3.05, 3.63) is 88.4 Å². The third-order valence-corrected chi connectivity index (χ3v) is 11.9. The van der Waals surface area contributed by atoms with E-state index in [-0.39, 0.29) is 41.8 Å². The van der Waals surface area contributed by atoms with E-state index in [4.69, 9.17) is 25.2 Å². The Balaban J connectivity index is 0.000000156. The first-order chi connectivity index (χ1) is 32.7. The number of rotatable bonds is 4. The van der Waals surface area contributed by atoms with Gasteiger partial charge in [0.05, 0.1) is 33.5 Å². The Hall–Kier alpha value is -7.15. The molecule has 4 amide bonds. The smallest absolute Gasteiger partial charge is 0.410 e. The van der Waals surface area contributed by atoms with Crippen molar-refractivity contribution in [1.82, 2.24) is 50.3 Å². The number of carbonyl (C=O) groups is 4. The van der Waals surface area contributed by atoms with Crippen molar-refractivity contribution in [3.8, 4) is 22.5 Å². The lowest BCUT2D eigenvalue weighted by molar-refractivity contribution is 0.0282. The van der Waals surface area contributed by atoms with Gasteiger partial charge in [0.15, 0.2) is 0 Å². The Kier molecular flexibility index (Phi) is 13.6. The van der Waals surface area contributed by atoms with Crippen molar-refractivity contribution in [1.29, 1.82) is 0 Å². The average molecular weight is 945 g/mol. The lowest BCUT2D eigenvalue weighted by atomic mass is 10.1. The minimum absolute atomic E-state index is 0.0518. The second-order valence-corrected chi connectivity index (χ2v) is 19.8. The molecular formula is C50H61FN12O6. The predicted molar refractivity (Wildman–Crippen MR) is 260 cm³/mol. The summed E-state index contributed by atoms with van der Waals surface area (Å²) >= 11 is 0. The van der Waals surface area contributed by atoms with Gasteiger partial charge < -0.3 is 50.9 Å². The van der Waals surface area contributed by atoms with Crippen molar-refractivity contribution in [2.24, 2.45) is 5.73 Å². The Morgan fingerprint density at radius 2 is 1.19 bits per heavy atom. The van der Waals surface area contributed by atoms with E-state index in [0.717, 1.165) is 82.9 Å². The molecule has 2 fully saturated rings. The van der Waals surface area contributed by atoms with Crippen LogP contribution < -0.4 is 21.7 Å². The standard InChI is InChI=1S/C25H30N6O3.C16H13FN4O.C9H18N2O2/c1-14-22(28-15-9-11-31(13-15)24(33)34-25(2,3)4)30-21-16(6-5-7-19(21)27-14)20-12-17-18(29-20)8-10-26-23(17)32;1-8-15(17)21-14-9(3-2-4-12(14)19-8)13-7-10-11(20-13)5-6-18-16(10)22;1-9(2,3)13-8(12)11-5-4-7(10)6-11/h5-7,12,15,29H,8-11,13H2,1-4H3,(H,26,32)(H,28,30);2-4,7,20H,5-6H2,1H3,(H,18,22);7H,4-6,10H2,1-3H3/t15-;;7-/m1.1/s1. The summed E-state index contributed by atoms with van der Waals surface area (Å²) in [6, 6.07) is 15.2. The highest BCUT2D eigenvalue weighted by atomic mass is 19.1. The lowest BCUT2D eigenvalue weighted by Gasteiger charge is -2.24. The number of likely N-dealkylation sites (tertiary alicyclic amines) is 2. The third kappa shape index (κ3) is 11.3. The molecule has 0 unspecified atom stereocenters. The predicted octanol–water partition coefficient (Wildman–Crippen LogP) is 6.95. The molecule has 4 aliphatic rings. The van der Waals surface area contributed by atoms with Gasteiger partial charge in [0.25, 0.3) is 11.8 Å². The maximum atomic E-state index is 13.8. The molecule has 2 saturated heterocycles. The summed E-state index contributed by atoms with van der Waals surface area (Å²) in [6.45, 7) is 18.5. The topological polar surface area (TPSA) is 238 Å².